The van der Waals surface area contributed by atoms with Gasteiger partial charge >= 0.3 is 0 Å². The fourth-order valence-electron chi connectivity index (χ4n) is 2.08. The van der Waals surface area contributed by atoms with Gasteiger partial charge in [-0.15, -0.1) is 0 Å². The van der Waals surface area contributed by atoms with Crippen molar-refractivity contribution in [1.82, 2.24) is 10.5 Å². The summed E-state index contributed by atoms with van der Waals surface area (Å²) in [6, 6.07) is 8.01. The van der Waals surface area contributed by atoms with Crippen LogP contribution in [-0.4, -0.2) is 18.3 Å². The third-order valence-electron chi connectivity index (χ3n) is 3.45. The third-order valence-corrected chi connectivity index (χ3v) is 3.45. The van der Waals surface area contributed by atoms with Crippen molar-refractivity contribution in [3.63, 3.8) is 0 Å². The van der Waals surface area contributed by atoms with Gasteiger partial charge in [0.05, 0.1) is 6.61 Å². The van der Waals surface area contributed by atoms with Crippen LogP contribution in [0.2, 0.25) is 0 Å². The molecule has 2 aromatic rings. The minimum Gasteiger partial charge on any atom is -0.494 e. The van der Waals surface area contributed by atoms with Crippen LogP contribution >= 0.6 is 0 Å². The number of aromatic nitrogens is 1. The first-order valence-corrected chi connectivity index (χ1v) is 7.65. The Bertz CT molecular complexity index is 546. The van der Waals surface area contributed by atoms with Gasteiger partial charge in [0.15, 0.2) is 5.76 Å². The Morgan fingerprint density at radius 1 is 1.19 bits per heavy atom. The average molecular weight is 288 g/mol. The number of nitrogens with one attached hydrogen (secondary N) is 1. The quantitative estimate of drug-likeness (QED) is 0.747. The highest BCUT2D eigenvalue weighted by atomic mass is 16.5. The first kappa shape index (κ1) is 15.6. The first-order valence-electron chi connectivity index (χ1n) is 7.65. The van der Waals surface area contributed by atoms with Crippen molar-refractivity contribution in [2.24, 2.45) is 0 Å². The fraction of sp³-hybridized carbons (Fsp3) is 0.471. The van der Waals surface area contributed by atoms with Crippen molar-refractivity contribution >= 4 is 0 Å². The predicted octanol–water partition coefficient (Wildman–Crippen LogP) is 3.94. The highest BCUT2D eigenvalue weighted by molar-refractivity contribution is 5.62. The maximum absolute atomic E-state index is 5.67. The van der Waals surface area contributed by atoms with Crippen LogP contribution in [0.5, 0.6) is 5.75 Å². The van der Waals surface area contributed by atoms with E-state index in [1.54, 1.807) is 0 Å². The van der Waals surface area contributed by atoms with E-state index in [2.05, 4.69) is 24.3 Å². The van der Waals surface area contributed by atoms with E-state index in [1.165, 1.54) is 0 Å². The van der Waals surface area contributed by atoms with E-state index in [0.29, 0.717) is 0 Å². The molecule has 0 aliphatic carbocycles. The van der Waals surface area contributed by atoms with Gasteiger partial charge in [0.2, 0.25) is 0 Å². The summed E-state index contributed by atoms with van der Waals surface area (Å²) in [5.41, 5.74) is 3.09. The van der Waals surface area contributed by atoms with Crippen molar-refractivity contribution in [3.05, 3.63) is 35.5 Å². The monoisotopic (exact) mass is 288 g/mol. The number of nitrogens with zero attached hydrogens (tertiary/aromatic N) is 1. The second-order valence-electron chi connectivity index (χ2n) is 5.09. The summed E-state index contributed by atoms with van der Waals surface area (Å²) in [6.07, 6.45) is 2.22. The lowest BCUT2D eigenvalue weighted by Gasteiger charge is -2.05. The van der Waals surface area contributed by atoms with E-state index in [1.807, 2.05) is 31.2 Å². The summed E-state index contributed by atoms with van der Waals surface area (Å²) in [4.78, 5) is 0. The van der Waals surface area contributed by atoms with Crippen LogP contribution in [0, 0.1) is 6.92 Å². The number of unbranched alkanes of at least 4 members (excludes halogenated alkanes) is 1. The predicted molar refractivity (Wildman–Crippen MR) is 84.5 cm³/mol. The molecule has 2 rings (SSSR count). The van der Waals surface area contributed by atoms with E-state index in [9.17, 15) is 0 Å². The zero-order valence-electron chi connectivity index (χ0n) is 13.1. The van der Waals surface area contributed by atoms with Crippen molar-refractivity contribution in [2.75, 3.05) is 13.2 Å². The Balaban J connectivity index is 2.06. The normalized spacial score (nSPS) is 10.8. The van der Waals surface area contributed by atoms with Crippen LogP contribution in [0.4, 0.5) is 0 Å². The molecule has 1 aromatic carbocycles. The molecule has 0 aliphatic rings. The topological polar surface area (TPSA) is 47.3 Å². The molecular formula is C17H24N2O2. The molecule has 0 aliphatic heterocycles. The Morgan fingerprint density at radius 3 is 2.62 bits per heavy atom. The maximum atomic E-state index is 5.67. The Morgan fingerprint density at radius 2 is 1.95 bits per heavy atom. The summed E-state index contributed by atoms with van der Waals surface area (Å²) in [7, 11) is 0. The standard InChI is InChI=1S/C17H24N2O2/c1-4-6-11-20-15-9-7-14(8-10-15)17-13(3)16(19-21-17)12-18-5-2/h7-10,18H,4-6,11-12H2,1-3H3. The van der Waals surface area contributed by atoms with E-state index >= 15 is 0 Å². The van der Waals surface area contributed by atoms with Crippen LogP contribution < -0.4 is 10.1 Å². The molecule has 0 bridgehead atoms. The molecule has 0 radical (unpaired) electrons. The van der Waals surface area contributed by atoms with Gasteiger partial charge in [0.1, 0.15) is 11.4 Å². The molecule has 1 aromatic heterocycles. The van der Waals surface area contributed by atoms with Crippen LogP contribution in [-0.2, 0) is 6.54 Å². The molecule has 0 fully saturated rings. The molecule has 4 nitrogen and oxygen atoms in total. The lowest BCUT2D eigenvalue weighted by molar-refractivity contribution is 0.309. The van der Waals surface area contributed by atoms with Crippen LogP contribution in [0.25, 0.3) is 11.3 Å². The third kappa shape index (κ3) is 4.08. The molecule has 0 unspecified atom stereocenters. The Kier molecular flexibility index (Phi) is 5.81. The molecule has 0 amide bonds. The summed E-state index contributed by atoms with van der Waals surface area (Å²) in [5.74, 6) is 1.74. The molecule has 0 saturated carbocycles. The molecular weight excluding hydrogens is 264 g/mol. The minimum absolute atomic E-state index is 0.740. The van der Waals surface area contributed by atoms with Gasteiger partial charge in [-0.3, -0.25) is 0 Å². The smallest absolute Gasteiger partial charge is 0.170 e. The summed E-state index contributed by atoms with van der Waals surface area (Å²) < 4.78 is 11.2. The molecule has 21 heavy (non-hydrogen) atoms. The molecule has 4 heteroatoms. The van der Waals surface area contributed by atoms with E-state index in [0.717, 1.165) is 60.9 Å². The largest absolute Gasteiger partial charge is 0.494 e. The van der Waals surface area contributed by atoms with E-state index in [4.69, 9.17) is 9.26 Å². The van der Waals surface area contributed by atoms with Gasteiger partial charge in [0.25, 0.3) is 0 Å². The summed E-state index contributed by atoms with van der Waals surface area (Å²) >= 11 is 0. The molecule has 114 valence electrons. The summed E-state index contributed by atoms with van der Waals surface area (Å²) in [5, 5.41) is 7.41. The number of rotatable bonds is 8. The van der Waals surface area contributed by atoms with Gasteiger partial charge in [-0.25, -0.2) is 0 Å². The van der Waals surface area contributed by atoms with Crippen molar-refractivity contribution < 1.29 is 9.26 Å². The van der Waals surface area contributed by atoms with Gasteiger partial charge in [-0.1, -0.05) is 25.4 Å². The molecule has 1 N–H and O–H groups in total. The zero-order chi connectivity index (χ0) is 15.1. The Labute approximate surface area is 126 Å². The number of hydrogen-bond donors (Lipinski definition) is 1. The number of hydrogen-bond acceptors (Lipinski definition) is 4. The second kappa shape index (κ2) is 7.84. The molecule has 0 saturated heterocycles. The van der Waals surface area contributed by atoms with E-state index in [-0.39, 0.29) is 0 Å². The molecule has 0 spiro atoms. The fourth-order valence-corrected chi connectivity index (χ4v) is 2.08. The van der Waals surface area contributed by atoms with Gasteiger partial charge in [-0.05, 0) is 44.2 Å². The zero-order valence-corrected chi connectivity index (χ0v) is 13.1. The SMILES string of the molecule is CCCCOc1ccc(-c2onc(CNCC)c2C)cc1. The van der Waals surface area contributed by atoms with Crippen molar-refractivity contribution in [3.8, 4) is 17.1 Å². The highest BCUT2D eigenvalue weighted by Crippen LogP contribution is 2.27. The maximum Gasteiger partial charge on any atom is 0.170 e. The van der Waals surface area contributed by atoms with E-state index < -0.39 is 0 Å². The van der Waals surface area contributed by atoms with Gasteiger partial charge < -0.3 is 14.6 Å². The lowest BCUT2D eigenvalue weighted by atomic mass is 10.1. The van der Waals surface area contributed by atoms with Crippen LogP contribution in [0.3, 0.4) is 0 Å². The van der Waals surface area contributed by atoms with Crippen molar-refractivity contribution in [1.29, 1.82) is 0 Å². The van der Waals surface area contributed by atoms with Gasteiger partial charge in [-0.2, -0.15) is 0 Å². The second-order valence-corrected chi connectivity index (χ2v) is 5.09. The molecule has 0 atom stereocenters. The van der Waals surface area contributed by atoms with Crippen molar-refractivity contribution in [2.45, 2.75) is 40.2 Å². The summed E-state index contributed by atoms with van der Waals surface area (Å²) in [6.45, 7) is 8.71. The van der Waals surface area contributed by atoms with Crippen LogP contribution in [0.1, 0.15) is 37.9 Å². The number of benzene rings is 1. The van der Waals surface area contributed by atoms with Gasteiger partial charge in [0, 0.05) is 17.7 Å². The first-order chi connectivity index (χ1) is 10.3. The highest BCUT2D eigenvalue weighted by Gasteiger charge is 2.13. The van der Waals surface area contributed by atoms with Crippen LogP contribution in [0.15, 0.2) is 28.8 Å². The minimum atomic E-state index is 0.740. The average Bonchev–Trinajstić information content (AvgIpc) is 2.87. The molecule has 1 heterocycles. The lowest BCUT2D eigenvalue weighted by Crippen LogP contribution is -2.12. The number of ether oxygens (including phenoxy) is 1. The Hall–Kier alpha value is -1.81.